The number of rotatable bonds is 3. The number of benzene rings is 2. The molecule has 5 heteroatoms. The molecular formula is C18H13N3OS. The van der Waals surface area contributed by atoms with Crippen LogP contribution in [0.1, 0.15) is 9.67 Å². The lowest BCUT2D eigenvalue weighted by atomic mass is 10.1. The lowest BCUT2D eigenvalue weighted by Crippen LogP contribution is -2.12. The van der Waals surface area contributed by atoms with E-state index in [4.69, 9.17) is 0 Å². The maximum absolute atomic E-state index is 12.6. The molecule has 4 rings (SSSR count). The number of H-pyrrole nitrogens is 1. The number of thiophene rings is 1. The number of nitrogens with zero attached hydrogens (tertiary/aromatic N) is 1. The van der Waals surface area contributed by atoms with E-state index in [1.54, 1.807) is 0 Å². The van der Waals surface area contributed by atoms with Crippen molar-refractivity contribution in [3.8, 4) is 11.1 Å². The summed E-state index contributed by atoms with van der Waals surface area (Å²) in [6.07, 6.45) is 0. The second-order valence-electron chi connectivity index (χ2n) is 5.09. The first-order valence-electron chi connectivity index (χ1n) is 7.20. The highest BCUT2D eigenvalue weighted by atomic mass is 32.1. The van der Waals surface area contributed by atoms with Gasteiger partial charge in [0.2, 0.25) is 5.95 Å². The lowest BCUT2D eigenvalue weighted by Gasteiger charge is -2.04. The van der Waals surface area contributed by atoms with Crippen molar-refractivity contribution >= 4 is 34.2 Å². The summed E-state index contributed by atoms with van der Waals surface area (Å²) < 4.78 is 0. The van der Waals surface area contributed by atoms with E-state index >= 15 is 0 Å². The van der Waals surface area contributed by atoms with Crippen LogP contribution < -0.4 is 5.32 Å². The Morgan fingerprint density at radius 1 is 1.00 bits per heavy atom. The molecule has 0 aliphatic rings. The summed E-state index contributed by atoms with van der Waals surface area (Å²) in [6, 6.07) is 19.5. The van der Waals surface area contributed by atoms with Crippen LogP contribution >= 0.6 is 11.3 Å². The first-order chi connectivity index (χ1) is 11.3. The molecular weight excluding hydrogens is 306 g/mol. The Kier molecular flexibility index (Phi) is 3.40. The Bertz CT molecular complexity index is 939. The van der Waals surface area contributed by atoms with Gasteiger partial charge in [-0.2, -0.15) is 0 Å². The Morgan fingerprint density at radius 3 is 2.61 bits per heavy atom. The fourth-order valence-electron chi connectivity index (χ4n) is 2.51. The Labute approximate surface area is 136 Å². The molecule has 2 aromatic carbocycles. The molecule has 0 aliphatic heterocycles. The number of para-hydroxylation sites is 2. The molecule has 0 saturated heterocycles. The number of fused-ring (bicyclic) bond motifs is 1. The van der Waals surface area contributed by atoms with E-state index in [1.807, 2.05) is 66.0 Å². The standard InChI is InChI=1S/C18H13N3OS/c22-17(21-18-19-14-8-4-5-9-15(14)20-18)16-13(10-11-23-16)12-6-2-1-3-7-12/h1-11H,(H2,19,20,21,22). The van der Waals surface area contributed by atoms with Crippen LogP contribution in [-0.4, -0.2) is 15.9 Å². The number of aromatic nitrogens is 2. The third-order valence-corrected chi connectivity index (χ3v) is 4.49. The van der Waals surface area contributed by atoms with Gasteiger partial charge in [0, 0.05) is 5.56 Å². The zero-order valence-electron chi connectivity index (χ0n) is 12.1. The van der Waals surface area contributed by atoms with Crippen LogP contribution in [0, 0.1) is 0 Å². The SMILES string of the molecule is O=C(Nc1nc2ccccc2[nH]1)c1sccc1-c1ccccc1. The number of hydrogen-bond donors (Lipinski definition) is 2. The molecule has 4 aromatic rings. The predicted octanol–water partition coefficient (Wildman–Crippen LogP) is 4.54. The minimum atomic E-state index is -0.155. The Morgan fingerprint density at radius 2 is 1.78 bits per heavy atom. The van der Waals surface area contributed by atoms with Crippen molar-refractivity contribution in [1.29, 1.82) is 0 Å². The van der Waals surface area contributed by atoms with E-state index in [1.165, 1.54) is 11.3 Å². The van der Waals surface area contributed by atoms with Gasteiger partial charge in [0.25, 0.3) is 5.91 Å². The molecule has 2 aromatic heterocycles. The molecule has 2 heterocycles. The van der Waals surface area contributed by atoms with Crippen molar-refractivity contribution in [2.75, 3.05) is 5.32 Å². The van der Waals surface area contributed by atoms with Gasteiger partial charge in [-0.1, -0.05) is 42.5 Å². The van der Waals surface area contributed by atoms with E-state index < -0.39 is 0 Å². The average Bonchev–Trinajstić information content (AvgIpc) is 3.22. The molecule has 0 radical (unpaired) electrons. The van der Waals surface area contributed by atoms with Gasteiger partial charge in [-0.15, -0.1) is 11.3 Å². The van der Waals surface area contributed by atoms with Gasteiger partial charge >= 0.3 is 0 Å². The van der Waals surface area contributed by atoms with Gasteiger partial charge < -0.3 is 4.98 Å². The summed E-state index contributed by atoms with van der Waals surface area (Å²) in [5.74, 6) is 0.307. The fourth-order valence-corrected chi connectivity index (χ4v) is 3.32. The van der Waals surface area contributed by atoms with Crippen molar-refractivity contribution in [2.24, 2.45) is 0 Å². The second kappa shape index (κ2) is 5.70. The van der Waals surface area contributed by atoms with Gasteiger partial charge in [0.15, 0.2) is 0 Å². The van der Waals surface area contributed by atoms with Crippen LogP contribution in [-0.2, 0) is 0 Å². The Hall–Kier alpha value is -2.92. The first kappa shape index (κ1) is 13.7. The van der Waals surface area contributed by atoms with Crippen LogP contribution in [0.4, 0.5) is 5.95 Å². The maximum Gasteiger partial charge on any atom is 0.268 e. The second-order valence-corrected chi connectivity index (χ2v) is 6.00. The summed E-state index contributed by atoms with van der Waals surface area (Å²) >= 11 is 1.42. The summed E-state index contributed by atoms with van der Waals surface area (Å²) in [6.45, 7) is 0. The molecule has 0 atom stereocenters. The quantitative estimate of drug-likeness (QED) is 0.582. The molecule has 0 unspecified atom stereocenters. The molecule has 0 spiro atoms. The van der Waals surface area contributed by atoms with Crippen LogP contribution in [0.3, 0.4) is 0 Å². The number of amides is 1. The van der Waals surface area contributed by atoms with Crippen molar-refractivity contribution in [2.45, 2.75) is 0 Å². The van der Waals surface area contributed by atoms with Crippen molar-refractivity contribution in [3.05, 3.63) is 70.9 Å². The largest absolute Gasteiger partial charge is 0.324 e. The van der Waals surface area contributed by atoms with E-state index in [-0.39, 0.29) is 5.91 Å². The normalized spacial score (nSPS) is 10.8. The van der Waals surface area contributed by atoms with Gasteiger partial charge in [0.05, 0.1) is 11.0 Å². The number of hydrogen-bond acceptors (Lipinski definition) is 3. The predicted molar refractivity (Wildman–Crippen MR) is 93.8 cm³/mol. The number of imidazole rings is 1. The minimum absolute atomic E-state index is 0.155. The molecule has 4 nitrogen and oxygen atoms in total. The van der Waals surface area contributed by atoms with Crippen LogP contribution in [0.25, 0.3) is 22.2 Å². The number of carbonyl (C=O) groups excluding carboxylic acids is 1. The van der Waals surface area contributed by atoms with Crippen LogP contribution in [0.2, 0.25) is 0 Å². The van der Waals surface area contributed by atoms with Crippen molar-refractivity contribution in [3.63, 3.8) is 0 Å². The minimum Gasteiger partial charge on any atom is -0.324 e. The highest BCUT2D eigenvalue weighted by Gasteiger charge is 2.16. The van der Waals surface area contributed by atoms with Crippen LogP contribution in [0.15, 0.2) is 66.0 Å². The third-order valence-electron chi connectivity index (χ3n) is 3.58. The van der Waals surface area contributed by atoms with E-state index in [0.717, 1.165) is 22.2 Å². The molecule has 0 aliphatic carbocycles. The smallest absolute Gasteiger partial charge is 0.268 e. The maximum atomic E-state index is 12.6. The summed E-state index contributed by atoms with van der Waals surface area (Å²) in [5, 5.41) is 4.78. The van der Waals surface area contributed by atoms with E-state index in [0.29, 0.717) is 10.8 Å². The summed E-state index contributed by atoms with van der Waals surface area (Å²) in [7, 11) is 0. The number of nitrogens with one attached hydrogen (secondary N) is 2. The van der Waals surface area contributed by atoms with Gasteiger partial charge in [0.1, 0.15) is 4.88 Å². The average molecular weight is 319 g/mol. The highest BCUT2D eigenvalue weighted by molar-refractivity contribution is 7.12. The topological polar surface area (TPSA) is 57.8 Å². The molecule has 1 amide bonds. The molecule has 23 heavy (non-hydrogen) atoms. The van der Waals surface area contributed by atoms with Gasteiger partial charge in [-0.05, 0) is 29.1 Å². The van der Waals surface area contributed by atoms with Crippen molar-refractivity contribution < 1.29 is 4.79 Å². The monoisotopic (exact) mass is 319 g/mol. The summed E-state index contributed by atoms with van der Waals surface area (Å²) in [5.41, 5.74) is 3.70. The van der Waals surface area contributed by atoms with Gasteiger partial charge in [-0.3, -0.25) is 10.1 Å². The van der Waals surface area contributed by atoms with E-state index in [9.17, 15) is 4.79 Å². The third kappa shape index (κ3) is 2.62. The Balaban J connectivity index is 1.64. The molecule has 0 saturated carbocycles. The number of anilines is 1. The molecule has 2 N–H and O–H groups in total. The zero-order valence-corrected chi connectivity index (χ0v) is 12.9. The van der Waals surface area contributed by atoms with E-state index in [2.05, 4.69) is 15.3 Å². The number of aromatic amines is 1. The van der Waals surface area contributed by atoms with Gasteiger partial charge in [-0.25, -0.2) is 4.98 Å². The fraction of sp³-hybridized carbons (Fsp3) is 0. The number of carbonyl (C=O) groups is 1. The summed E-state index contributed by atoms with van der Waals surface area (Å²) in [4.78, 5) is 20.8. The first-order valence-corrected chi connectivity index (χ1v) is 8.08. The lowest BCUT2D eigenvalue weighted by molar-refractivity contribution is 0.103. The molecule has 112 valence electrons. The highest BCUT2D eigenvalue weighted by Crippen LogP contribution is 2.28. The van der Waals surface area contributed by atoms with Crippen molar-refractivity contribution in [1.82, 2.24) is 9.97 Å². The molecule has 0 fully saturated rings. The van der Waals surface area contributed by atoms with Crippen LogP contribution in [0.5, 0.6) is 0 Å². The molecule has 0 bridgehead atoms. The zero-order chi connectivity index (χ0) is 15.6.